The molecule has 1 atom stereocenters. The molecule has 5 nitrogen and oxygen atoms in total. The van der Waals surface area contributed by atoms with Gasteiger partial charge in [0, 0.05) is 36.8 Å². The van der Waals surface area contributed by atoms with Crippen LogP contribution < -0.4 is 5.73 Å². The van der Waals surface area contributed by atoms with Crippen molar-refractivity contribution in [2.45, 2.75) is 26.3 Å². The van der Waals surface area contributed by atoms with Crippen molar-refractivity contribution in [3.8, 4) is 0 Å². The van der Waals surface area contributed by atoms with Gasteiger partial charge in [-0.05, 0) is 30.5 Å². The van der Waals surface area contributed by atoms with Gasteiger partial charge >= 0.3 is 0 Å². The SMILES string of the molecule is CC(C)C[C@H](N)C(=O)N1CCN(C(=O)c2cccc(Cl)c2)CC1.Cl. The van der Waals surface area contributed by atoms with E-state index < -0.39 is 6.04 Å². The average Bonchev–Trinajstić information content (AvgIpc) is 2.53. The van der Waals surface area contributed by atoms with Crippen molar-refractivity contribution in [1.82, 2.24) is 9.80 Å². The van der Waals surface area contributed by atoms with Gasteiger partial charge in [0.15, 0.2) is 0 Å². The van der Waals surface area contributed by atoms with Crippen molar-refractivity contribution in [1.29, 1.82) is 0 Å². The fourth-order valence-corrected chi connectivity index (χ4v) is 2.97. The third kappa shape index (κ3) is 5.36. The van der Waals surface area contributed by atoms with E-state index in [9.17, 15) is 9.59 Å². The maximum absolute atomic E-state index is 12.4. The zero-order chi connectivity index (χ0) is 17.0. The lowest BCUT2D eigenvalue weighted by Crippen LogP contribution is -2.54. The highest BCUT2D eigenvalue weighted by molar-refractivity contribution is 6.30. The number of halogens is 2. The zero-order valence-corrected chi connectivity index (χ0v) is 15.6. The Kier molecular flexibility index (Phi) is 8.00. The monoisotopic (exact) mass is 373 g/mol. The molecular weight excluding hydrogens is 349 g/mol. The van der Waals surface area contributed by atoms with E-state index in [1.165, 1.54) is 0 Å². The van der Waals surface area contributed by atoms with Crippen LogP contribution in [0.5, 0.6) is 0 Å². The number of hydrogen-bond donors (Lipinski definition) is 1. The van der Waals surface area contributed by atoms with Gasteiger partial charge < -0.3 is 15.5 Å². The van der Waals surface area contributed by atoms with Crippen molar-refractivity contribution in [3.63, 3.8) is 0 Å². The summed E-state index contributed by atoms with van der Waals surface area (Å²) in [5.41, 5.74) is 6.54. The maximum atomic E-state index is 12.4. The number of nitrogens with two attached hydrogens (primary N) is 1. The summed E-state index contributed by atoms with van der Waals surface area (Å²) in [5.74, 6) is 0.319. The Balaban J connectivity index is 0.00000288. The predicted molar refractivity (Wildman–Crippen MR) is 98.6 cm³/mol. The Morgan fingerprint density at radius 1 is 1.17 bits per heavy atom. The lowest BCUT2D eigenvalue weighted by Gasteiger charge is -2.36. The lowest BCUT2D eigenvalue weighted by molar-refractivity contribution is -0.134. The van der Waals surface area contributed by atoms with Crippen LogP contribution in [-0.2, 0) is 4.79 Å². The normalized spacial score (nSPS) is 15.9. The first-order valence-corrected chi connectivity index (χ1v) is 8.35. The summed E-state index contributed by atoms with van der Waals surface area (Å²) >= 11 is 5.93. The molecule has 0 aliphatic carbocycles. The Hall–Kier alpha value is -1.30. The van der Waals surface area contributed by atoms with E-state index in [4.69, 9.17) is 17.3 Å². The molecule has 1 heterocycles. The molecule has 0 saturated carbocycles. The highest BCUT2D eigenvalue weighted by Gasteiger charge is 2.27. The molecule has 1 aromatic carbocycles. The third-order valence-corrected chi connectivity index (χ3v) is 4.23. The smallest absolute Gasteiger partial charge is 0.254 e. The van der Waals surface area contributed by atoms with Crippen LogP contribution in [0.4, 0.5) is 0 Å². The Morgan fingerprint density at radius 2 is 1.75 bits per heavy atom. The molecule has 0 unspecified atom stereocenters. The molecule has 7 heteroatoms. The van der Waals surface area contributed by atoms with Gasteiger partial charge in [-0.25, -0.2) is 0 Å². The quantitative estimate of drug-likeness (QED) is 0.880. The van der Waals surface area contributed by atoms with E-state index in [2.05, 4.69) is 13.8 Å². The number of carbonyl (C=O) groups is 2. The van der Waals surface area contributed by atoms with E-state index in [1.54, 1.807) is 34.1 Å². The highest BCUT2D eigenvalue weighted by atomic mass is 35.5. The van der Waals surface area contributed by atoms with E-state index >= 15 is 0 Å². The zero-order valence-electron chi connectivity index (χ0n) is 14.1. The van der Waals surface area contributed by atoms with Crippen LogP contribution in [0.15, 0.2) is 24.3 Å². The van der Waals surface area contributed by atoms with E-state index in [-0.39, 0.29) is 24.2 Å². The van der Waals surface area contributed by atoms with Crippen LogP contribution in [0.2, 0.25) is 5.02 Å². The molecule has 1 aliphatic heterocycles. The molecule has 2 rings (SSSR count). The Labute approximate surface area is 154 Å². The molecule has 0 aromatic heterocycles. The standard InChI is InChI=1S/C17H24ClN3O2.ClH/c1-12(2)10-15(19)17(23)21-8-6-20(7-9-21)16(22)13-4-3-5-14(18)11-13;/h3-5,11-12,15H,6-10,19H2,1-2H3;1H/t15-;/m0./s1. The van der Waals surface area contributed by atoms with E-state index in [1.807, 2.05) is 0 Å². The van der Waals surface area contributed by atoms with Crippen molar-refractivity contribution in [2.75, 3.05) is 26.2 Å². The van der Waals surface area contributed by atoms with Gasteiger partial charge in [0.05, 0.1) is 6.04 Å². The van der Waals surface area contributed by atoms with Crippen LogP contribution in [-0.4, -0.2) is 53.8 Å². The highest BCUT2D eigenvalue weighted by Crippen LogP contribution is 2.15. The molecular formula is C17H25Cl2N3O2. The fourth-order valence-electron chi connectivity index (χ4n) is 2.78. The van der Waals surface area contributed by atoms with Crippen molar-refractivity contribution >= 4 is 35.8 Å². The average molecular weight is 374 g/mol. The van der Waals surface area contributed by atoms with Gasteiger partial charge in [-0.2, -0.15) is 0 Å². The summed E-state index contributed by atoms with van der Waals surface area (Å²) in [6, 6.07) is 6.47. The van der Waals surface area contributed by atoms with Crippen LogP contribution >= 0.6 is 24.0 Å². The van der Waals surface area contributed by atoms with Crippen LogP contribution in [0.3, 0.4) is 0 Å². The molecule has 2 amide bonds. The Morgan fingerprint density at radius 3 is 2.29 bits per heavy atom. The number of hydrogen-bond acceptors (Lipinski definition) is 3. The molecule has 1 aliphatic rings. The molecule has 1 aromatic rings. The first-order chi connectivity index (χ1) is 10.9. The van der Waals surface area contributed by atoms with Crippen molar-refractivity contribution < 1.29 is 9.59 Å². The summed E-state index contributed by atoms with van der Waals surface area (Å²) in [4.78, 5) is 28.3. The second kappa shape index (κ2) is 9.25. The van der Waals surface area contributed by atoms with Gasteiger partial charge in [0.25, 0.3) is 5.91 Å². The molecule has 1 fully saturated rings. The molecule has 0 radical (unpaired) electrons. The first-order valence-electron chi connectivity index (χ1n) is 7.97. The third-order valence-electron chi connectivity index (χ3n) is 3.99. The number of carbonyl (C=O) groups excluding carboxylic acids is 2. The largest absolute Gasteiger partial charge is 0.338 e. The van der Waals surface area contributed by atoms with E-state index in [0.717, 1.165) is 0 Å². The summed E-state index contributed by atoms with van der Waals surface area (Å²) in [6.07, 6.45) is 0.681. The van der Waals surface area contributed by atoms with Crippen molar-refractivity contribution in [2.24, 2.45) is 11.7 Å². The van der Waals surface area contributed by atoms with Gasteiger partial charge in [-0.1, -0.05) is 31.5 Å². The molecule has 0 bridgehead atoms. The van der Waals surface area contributed by atoms with Crippen LogP contribution in [0.25, 0.3) is 0 Å². The summed E-state index contributed by atoms with van der Waals surface area (Å²) in [6.45, 7) is 6.19. The summed E-state index contributed by atoms with van der Waals surface area (Å²) in [7, 11) is 0. The van der Waals surface area contributed by atoms with Gasteiger partial charge in [-0.15, -0.1) is 12.4 Å². The number of piperazine rings is 1. The van der Waals surface area contributed by atoms with Crippen LogP contribution in [0, 0.1) is 5.92 Å². The molecule has 1 saturated heterocycles. The summed E-state index contributed by atoms with van der Waals surface area (Å²) in [5, 5.41) is 0.546. The lowest BCUT2D eigenvalue weighted by atomic mass is 10.0. The maximum Gasteiger partial charge on any atom is 0.254 e. The van der Waals surface area contributed by atoms with Gasteiger partial charge in [-0.3, -0.25) is 9.59 Å². The minimum atomic E-state index is -0.454. The number of nitrogens with zero attached hydrogens (tertiary/aromatic N) is 2. The molecule has 134 valence electrons. The number of benzene rings is 1. The van der Waals surface area contributed by atoms with E-state index in [0.29, 0.717) is 49.1 Å². The minimum absolute atomic E-state index is 0. The topological polar surface area (TPSA) is 66.6 Å². The summed E-state index contributed by atoms with van der Waals surface area (Å²) < 4.78 is 0. The minimum Gasteiger partial charge on any atom is -0.338 e. The molecule has 0 spiro atoms. The number of rotatable bonds is 4. The van der Waals surface area contributed by atoms with Gasteiger partial charge in [0.2, 0.25) is 5.91 Å². The molecule has 24 heavy (non-hydrogen) atoms. The second-order valence-electron chi connectivity index (χ2n) is 6.36. The first kappa shape index (κ1) is 20.7. The molecule has 2 N–H and O–H groups in total. The second-order valence-corrected chi connectivity index (χ2v) is 6.80. The Bertz CT molecular complexity index is 573. The number of amides is 2. The van der Waals surface area contributed by atoms with Crippen molar-refractivity contribution in [3.05, 3.63) is 34.9 Å². The fraction of sp³-hybridized carbons (Fsp3) is 0.529. The van der Waals surface area contributed by atoms with Gasteiger partial charge in [0.1, 0.15) is 0 Å². The predicted octanol–water partition coefficient (Wildman–Crippen LogP) is 2.42. The van der Waals surface area contributed by atoms with Crippen LogP contribution in [0.1, 0.15) is 30.6 Å².